The van der Waals surface area contributed by atoms with Crippen LogP contribution in [0.4, 0.5) is 5.69 Å². The molecular formula is C15H22N2O4S. The number of amides is 1. The van der Waals surface area contributed by atoms with Crippen molar-refractivity contribution in [1.29, 1.82) is 0 Å². The zero-order valence-electron chi connectivity index (χ0n) is 12.8. The number of anilines is 1. The first kappa shape index (κ1) is 16.8. The summed E-state index contributed by atoms with van der Waals surface area (Å²) in [4.78, 5) is 12.1. The smallest absolute Gasteiger partial charge is 0.270 e. The van der Waals surface area contributed by atoms with Gasteiger partial charge >= 0.3 is 0 Å². The Bertz CT molecular complexity index is 655. The Morgan fingerprint density at radius 2 is 1.91 bits per heavy atom. The molecule has 0 aliphatic heterocycles. The maximum atomic E-state index is 12.2. The predicted molar refractivity (Wildman–Crippen MR) is 84.5 cm³/mol. The topological polar surface area (TPSA) is 112 Å². The van der Waals surface area contributed by atoms with Crippen LogP contribution in [-0.4, -0.2) is 25.2 Å². The summed E-state index contributed by atoms with van der Waals surface area (Å²) in [6.45, 7) is 3.02. The Kier molecular flexibility index (Phi) is 4.49. The summed E-state index contributed by atoms with van der Waals surface area (Å²) in [5.41, 5.74) is 11.1. The lowest BCUT2D eigenvalue weighted by Gasteiger charge is -2.32. The van der Waals surface area contributed by atoms with E-state index in [9.17, 15) is 13.2 Å². The monoisotopic (exact) mass is 326 g/mol. The molecule has 2 rings (SSSR count). The first-order valence-electron chi connectivity index (χ1n) is 7.29. The molecular weight excluding hydrogens is 304 g/mol. The molecule has 0 radical (unpaired) electrons. The van der Waals surface area contributed by atoms with Gasteiger partial charge in [-0.1, -0.05) is 12.1 Å². The van der Waals surface area contributed by atoms with Crippen LogP contribution in [-0.2, 0) is 19.1 Å². The molecule has 1 aromatic rings. The van der Waals surface area contributed by atoms with Gasteiger partial charge in [-0.3, -0.25) is 8.98 Å². The van der Waals surface area contributed by atoms with Crippen molar-refractivity contribution in [3.63, 3.8) is 0 Å². The lowest BCUT2D eigenvalue weighted by atomic mass is 9.84. The first-order chi connectivity index (χ1) is 10.2. The van der Waals surface area contributed by atoms with Gasteiger partial charge in [-0.2, -0.15) is 8.42 Å². The maximum absolute atomic E-state index is 12.2. The van der Waals surface area contributed by atoms with Crippen molar-refractivity contribution in [3.05, 3.63) is 29.8 Å². The second-order valence-electron chi connectivity index (χ2n) is 5.99. The summed E-state index contributed by atoms with van der Waals surface area (Å²) >= 11 is 0. The maximum Gasteiger partial charge on any atom is 0.270 e. The van der Waals surface area contributed by atoms with Crippen LogP contribution >= 0.6 is 0 Å². The summed E-state index contributed by atoms with van der Waals surface area (Å²) in [5.74, 6) is -1.13. The van der Waals surface area contributed by atoms with Gasteiger partial charge in [-0.05, 0) is 50.8 Å². The normalized spacial score (nSPS) is 25.5. The van der Waals surface area contributed by atoms with Crippen LogP contribution < -0.4 is 11.5 Å². The Hall–Kier alpha value is -1.60. The summed E-state index contributed by atoms with van der Waals surface area (Å²) in [6.07, 6.45) is 1.61. The van der Waals surface area contributed by atoms with E-state index >= 15 is 0 Å². The molecule has 1 amide bonds. The molecule has 0 aromatic heterocycles. The molecule has 0 saturated heterocycles. The Morgan fingerprint density at radius 3 is 2.41 bits per heavy atom. The van der Waals surface area contributed by atoms with Crippen molar-refractivity contribution >= 4 is 21.7 Å². The summed E-state index contributed by atoms with van der Waals surface area (Å²) in [6, 6.07) is 7.01. The third-order valence-electron chi connectivity index (χ3n) is 4.20. The van der Waals surface area contributed by atoms with Gasteiger partial charge in [0.2, 0.25) is 0 Å². The third-order valence-corrected chi connectivity index (χ3v) is 5.89. The Morgan fingerprint density at radius 1 is 1.32 bits per heavy atom. The van der Waals surface area contributed by atoms with Crippen molar-refractivity contribution < 1.29 is 17.4 Å². The molecule has 6 nitrogen and oxygen atoms in total. The van der Waals surface area contributed by atoms with E-state index in [0.29, 0.717) is 24.9 Å². The number of primary amides is 1. The van der Waals surface area contributed by atoms with E-state index < -0.39 is 26.9 Å². The molecule has 1 saturated carbocycles. The number of nitrogen functional groups attached to an aromatic ring is 1. The highest BCUT2D eigenvalue weighted by atomic mass is 32.2. The van der Waals surface area contributed by atoms with Crippen LogP contribution in [0, 0.1) is 0 Å². The summed E-state index contributed by atoms with van der Waals surface area (Å²) < 4.78 is 29.7. The van der Waals surface area contributed by atoms with Gasteiger partial charge in [0.05, 0.1) is 5.25 Å². The number of hydrogen-bond acceptors (Lipinski definition) is 5. The standard InChI is InChI=1S/C15H22N2O4S/c1-10(2)22(19,20)21-15(14(17)18)9-3-4-13(15)11-5-7-12(16)8-6-11/h5-8,10,13H,3-4,9,16H2,1-2H3,(H2,17,18). The molecule has 0 spiro atoms. The van der Waals surface area contributed by atoms with E-state index in [2.05, 4.69) is 0 Å². The highest BCUT2D eigenvalue weighted by Gasteiger charge is 2.53. The molecule has 1 aliphatic carbocycles. The minimum Gasteiger partial charge on any atom is -0.399 e. The van der Waals surface area contributed by atoms with Crippen LogP contribution in [0.15, 0.2) is 24.3 Å². The fraction of sp³-hybridized carbons (Fsp3) is 0.533. The minimum absolute atomic E-state index is 0.295. The number of hydrogen-bond donors (Lipinski definition) is 2. The number of carbonyl (C=O) groups excluding carboxylic acids is 1. The quantitative estimate of drug-likeness (QED) is 0.629. The third kappa shape index (κ3) is 2.96. The highest BCUT2D eigenvalue weighted by molar-refractivity contribution is 7.87. The van der Waals surface area contributed by atoms with E-state index in [4.69, 9.17) is 15.7 Å². The Balaban J connectivity index is 2.45. The predicted octanol–water partition coefficient (Wildman–Crippen LogP) is 1.52. The second-order valence-corrected chi connectivity index (χ2v) is 8.09. The van der Waals surface area contributed by atoms with Gasteiger partial charge in [0.1, 0.15) is 0 Å². The fourth-order valence-corrected chi connectivity index (χ4v) is 3.77. The zero-order chi connectivity index (χ0) is 16.5. The van der Waals surface area contributed by atoms with Crippen LogP contribution in [0.2, 0.25) is 0 Å². The second kappa shape index (κ2) is 5.89. The average molecular weight is 326 g/mol. The van der Waals surface area contributed by atoms with Crippen molar-refractivity contribution in [1.82, 2.24) is 0 Å². The fourth-order valence-electron chi connectivity index (χ4n) is 2.88. The van der Waals surface area contributed by atoms with Gasteiger partial charge in [0.15, 0.2) is 5.60 Å². The molecule has 22 heavy (non-hydrogen) atoms. The molecule has 1 fully saturated rings. The molecule has 0 bridgehead atoms. The molecule has 1 aromatic carbocycles. The van der Waals surface area contributed by atoms with E-state index in [1.165, 1.54) is 13.8 Å². The lowest BCUT2D eigenvalue weighted by Crippen LogP contribution is -2.50. The number of carbonyl (C=O) groups is 1. The number of nitrogens with two attached hydrogens (primary N) is 2. The van der Waals surface area contributed by atoms with E-state index in [1.807, 2.05) is 0 Å². The van der Waals surface area contributed by atoms with Gasteiger partial charge in [0.25, 0.3) is 16.0 Å². The zero-order valence-corrected chi connectivity index (χ0v) is 13.6. The van der Waals surface area contributed by atoms with Crippen LogP contribution in [0.25, 0.3) is 0 Å². The van der Waals surface area contributed by atoms with Crippen molar-refractivity contribution in [2.75, 3.05) is 5.73 Å². The molecule has 7 heteroatoms. The van der Waals surface area contributed by atoms with Gasteiger partial charge < -0.3 is 11.5 Å². The average Bonchev–Trinajstić information content (AvgIpc) is 2.84. The molecule has 2 unspecified atom stereocenters. The van der Waals surface area contributed by atoms with Crippen LogP contribution in [0.3, 0.4) is 0 Å². The lowest BCUT2D eigenvalue weighted by molar-refractivity contribution is -0.134. The first-order valence-corrected chi connectivity index (χ1v) is 8.76. The number of rotatable bonds is 5. The minimum atomic E-state index is -3.86. The largest absolute Gasteiger partial charge is 0.399 e. The molecule has 4 N–H and O–H groups in total. The highest BCUT2D eigenvalue weighted by Crippen LogP contribution is 2.46. The van der Waals surface area contributed by atoms with Gasteiger partial charge in [0, 0.05) is 11.6 Å². The SMILES string of the molecule is CC(C)S(=O)(=O)OC1(C(N)=O)CCCC1c1ccc(N)cc1. The van der Waals surface area contributed by atoms with Crippen molar-refractivity contribution in [2.45, 2.75) is 49.9 Å². The summed E-state index contributed by atoms with van der Waals surface area (Å²) in [5, 5.41) is -0.739. The van der Waals surface area contributed by atoms with Crippen LogP contribution in [0.1, 0.15) is 44.6 Å². The van der Waals surface area contributed by atoms with Crippen LogP contribution in [0.5, 0.6) is 0 Å². The van der Waals surface area contributed by atoms with Gasteiger partial charge in [-0.25, -0.2) is 0 Å². The van der Waals surface area contributed by atoms with Gasteiger partial charge in [-0.15, -0.1) is 0 Å². The van der Waals surface area contributed by atoms with E-state index in [1.54, 1.807) is 24.3 Å². The Labute approximate surface area is 130 Å². The molecule has 2 atom stereocenters. The molecule has 1 aliphatic rings. The molecule has 122 valence electrons. The van der Waals surface area contributed by atoms with Crippen molar-refractivity contribution in [3.8, 4) is 0 Å². The summed E-state index contributed by atoms with van der Waals surface area (Å²) in [7, 11) is -3.86. The van der Waals surface area contributed by atoms with E-state index in [0.717, 1.165) is 5.56 Å². The van der Waals surface area contributed by atoms with E-state index in [-0.39, 0.29) is 5.92 Å². The number of benzene rings is 1. The molecule has 0 heterocycles. The van der Waals surface area contributed by atoms with Crippen molar-refractivity contribution in [2.24, 2.45) is 5.73 Å².